The van der Waals surface area contributed by atoms with E-state index in [2.05, 4.69) is 0 Å². The minimum atomic E-state index is -4.55. The van der Waals surface area contributed by atoms with Crippen LogP contribution in [0.5, 0.6) is 5.75 Å². The molecule has 4 nitrogen and oxygen atoms in total. The van der Waals surface area contributed by atoms with Gasteiger partial charge in [-0.25, -0.2) is 9.59 Å². The molecule has 0 amide bonds. The molecule has 2 aromatic carbocycles. The van der Waals surface area contributed by atoms with Gasteiger partial charge in [-0.1, -0.05) is 17.4 Å². The molecule has 0 aliphatic heterocycles. The molecule has 3 aromatic rings. The minimum absolute atomic E-state index is 0.0708. The molecule has 0 aliphatic rings. The van der Waals surface area contributed by atoms with Crippen LogP contribution in [0.4, 0.5) is 13.2 Å². The Morgan fingerprint density at radius 2 is 1.91 bits per heavy atom. The van der Waals surface area contributed by atoms with Gasteiger partial charge in [0.25, 0.3) is 0 Å². The number of fused-ring (bicyclic) bond motifs is 1. The molecule has 0 unspecified atom stereocenters. The second kappa shape index (κ2) is 5.54. The highest BCUT2D eigenvalue weighted by Gasteiger charge is 2.31. The minimum Gasteiger partial charge on any atom is -0.423 e. The van der Waals surface area contributed by atoms with Crippen molar-refractivity contribution in [3.8, 4) is 5.75 Å². The van der Waals surface area contributed by atoms with Crippen LogP contribution in [0.3, 0.4) is 0 Å². The Hall–Kier alpha value is -2.61. The van der Waals surface area contributed by atoms with Crippen LogP contribution in [0.1, 0.15) is 15.9 Å². The summed E-state index contributed by atoms with van der Waals surface area (Å²) in [6.45, 7) is 0. The molecule has 0 atom stereocenters. The van der Waals surface area contributed by atoms with Crippen molar-refractivity contribution in [3.63, 3.8) is 0 Å². The summed E-state index contributed by atoms with van der Waals surface area (Å²) in [5.41, 5.74) is -0.924. The molecule has 0 aliphatic carbocycles. The Bertz CT molecular complexity index is 940. The number of carbonyl (C=O) groups excluding carboxylic acids is 1. The summed E-state index contributed by atoms with van der Waals surface area (Å²) in [6, 6.07) is 8.22. The van der Waals surface area contributed by atoms with E-state index in [9.17, 15) is 22.8 Å². The lowest BCUT2D eigenvalue weighted by Crippen LogP contribution is -2.11. The number of benzene rings is 2. The molecule has 23 heavy (non-hydrogen) atoms. The molecule has 0 spiro atoms. The lowest BCUT2D eigenvalue weighted by Gasteiger charge is -2.08. The van der Waals surface area contributed by atoms with Gasteiger partial charge in [-0.3, -0.25) is 0 Å². The van der Waals surface area contributed by atoms with Gasteiger partial charge in [-0.2, -0.15) is 13.2 Å². The maximum atomic E-state index is 12.6. The van der Waals surface area contributed by atoms with Crippen molar-refractivity contribution in [1.29, 1.82) is 0 Å². The normalized spacial score (nSPS) is 11.6. The second-order valence-corrected chi connectivity index (χ2v) is 5.51. The Morgan fingerprint density at radius 1 is 1.13 bits per heavy atom. The zero-order chi connectivity index (χ0) is 16.6. The standard InChI is InChI=1S/C15H7F3O4S/c16-15(17,18)9-3-1-2-8(6-9)13(19)21-10-4-5-12-11(7-10)22-14(20)23-12/h1-7H. The van der Waals surface area contributed by atoms with Crippen molar-refractivity contribution in [1.82, 2.24) is 0 Å². The zero-order valence-electron chi connectivity index (χ0n) is 11.2. The van der Waals surface area contributed by atoms with Gasteiger partial charge >= 0.3 is 17.1 Å². The number of ether oxygens (including phenoxy) is 1. The highest BCUT2D eigenvalue weighted by Crippen LogP contribution is 2.30. The molecule has 3 rings (SSSR count). The number of esters is 1. The number of hydrogen-bond acceptors (Lipinski definition) is 5. The molecule has 1 heterocycles. The number of hydrogen-bond donors (Lipinski definition) is 0. The Kier molecular flexibility index (Phi) is 3.69. The van der Waals surface area contributed by atoms with Crippen molar-refractivity contribution in [3.05, 3.63) is 63.3 Å². The fourth-order valence-electron chi connectivity index (χ4n) is 1.90. The summed E-state index contributed by atoms with van der Waals surface area (Å²) in [5.74, 6) is -0.866. The van der Waals surface area contributed by atoms with Crippen molar-refractivity contribution in [2.24, 2.45) is 0 Å². The summed E-state index contributed by atoms with van der Waals surface area (Å²) in [6.07, 6.45) is -4.55. The van der Waals surface area contributed by atoms with E-state index in [0.29, 0.717) is 10.8 Å². The molecule has 0 saturated carbocycles. The van der Waals surface area contributed by atoms with Crippen LogP contribution in [-0.2, 0) is 6.18 Å². The molecule has 0 fully saturated rings. The van der Waals surface area contributed by atoms with Crippen molar-refractivity contribution < 1.29 is 27.1 Å². The van der Waals surface area contributed by atoms with E-state index in [0.717, 1.165) is 23.5 Å². The maximum absolute atomic E-state index is 12.6. The number of halogens is 3. The van der Waals surface area contributed by atoms with Crippen molar-refractivity contribution >= 4 is 27.6 Å². The predicted molar refractivity (Wildman–Crippen MR) is 76.8 cm³/mol. The van der Waals surface area contributed by atoms with Gasteiger partial charge in [-0.15, -0.1) is 0 Å². The highest BCUT2D eigenvalue weighted by atomic mass is 32.1. The van der Waals surface area contributed by atoms with Crippen molar-refractivity contribution in [2.75, 3.05) is 0 Å². The summed E-state index contributed by atoms with van der Waals surface area (Å²) < 4.78 is 48.4. The molecule has 0 radical (unpaired) electrons. The number of carbonyl (C=O) groups is 1. The van der Waals surface area contributed by atoms with E-state index < -0.39 is 22.6 Å². The lowest BCUT2D eigenvalue weighted by atomic mass is 10.1. The third kappa shape index (κ3) is 3.26. The topological polar surface area (TPSA) is 56.5 Å². The molecule has 0 N–H and O–H groups in total. The van der Waals surface area contributed by atoms with Crippen LogP contribution in [-0.4, -0.2) is 5.97 Å². The van der Waals surface area contributed by atoms with E-state index in [4.69, 9.17) is 9.15 Å². The zero-order valence-corrected chi connectivity index (χ0v) is 12.0. The Labute approximate surface area is 130 Å². The van der Waals surface area contributed by atoms with Gasteiger partial charge in [0.2, 0.25) is 0 Å². The van der Waals surface area contributed by atoms with Crippen LogP contribution >= 0.6 is 11.3 Å². The van der Waals surface area contributed by atoms with E-state index in [1.54, 1.807) is 0 Å². The molecule has 0 bridgehead atoms. The highest BCUT2D eigenvalue weighted by molar-refractivity contribution is 7.16. The Balaban J connectivity index is 1.86. The van der Waals surface area contributed by atoms with Gasteiger partial charge in [0.05, 0.1) is 15.8 Å². The molecule has 118 valence electrons. The molecule has 8 heteroatoms. The van der Waals surface area contributed by atoms with Gasteiger partial charge in [-0.05, 0) is 30.3 Å². The van der Waals surface area contributed by atoms with E-state index in [1.807, 2.05) is 0 Å². The van der Waals surface area contributed by atoms with E-state index in [-0.39, 0.29) is 16.9 Å². The van der Waals surface area contributed by atoms with Crippen LogP contribution in [0.25, 0.3) is 10.3 Å². The van der Waals surface area contributed by atoms with Crippen LogP contribution < -0.4 is 9.68 Å². The van der Waals surface area contributed by atoms with Gasteiger partial charge in [0.1, 0.15) is 5.75 Å². The predicted octanol–water partition coefficient (Wildman–Crippen LogP) is 4.09. The smallest absolute Gasteiger partial charge is 0.416 e. The maximum Gasteiger partial charge on any atom is 0.416 e. The van der Waals surface area contributed by atoms with Crippen LogP contribution in [0, 0.1) is 0 Å². The molecule has 0 saturated heterocycles. The molecular weight excluding hydrogens is 333 g/mol. The lowest BCUT2D eigenvalue weighted by molar-refractivity contribution is -0.137. The van der Waals surface area contributed by atoms with E-state index in [1.165, 1.54) is 24.3 Å². The fourth-order valence-corrected chi connectivity index (χ4v) is 2.55. The first-order chi connectivity index (χ1) is 10.8. The summed E-state index contributed by atoms with van der Waals surface area (Å²) >= 11 is 0.893. The van der Waals surface area contributed by atoms with Gasteiger partial charge in [0.15, 0.2) is 5.58 Å². The fraction of sp³-hybridized carbons (Fsp3) is 0.0667. The molecular formula is C15H7F3O4S. The quantitative estimate of drug-likeness (QED) is 0.521. The third-order valence-corrected chi connectivity index (χ3v) is 3.75. The number of alkyl halides is 3. The van der Waals surface area contributed by atoms with Crippen LogP contribution in [0.2, 0.25) is 0 Å². The van der Waals surface area contributed by atoms with Crippen LogP contribution in [0.15, 0.2) is 51.7 Å². The Morgan fingerprint density at radius 3 is 2.65 bits per heavy atom. The monoisotopic (exact) mass is 340 g/mol. The number of rotatable bonds is 2. The summed E-state index contributed by atoms with van der Waals surface area (Å²) in [7, 11) is 0. The third-order valence-electron chi connectivity index (χ3n) is 2.94. The SMILES string of the molecule is O=C(Oc1ccc2sc(=O)oc2c1)c1cccc(C(F)(F)F)c1. The van der Waals surface area contributed by atoms with Crippen molar-refractivity contribution in [2.45, 2.75) is 6.18 Å². The molecule has 1 aromatic heterocycles. The second-order valence-electron chi connectivity index (χ2n) is 4.53. The average Bonchev–Trinajstić information content (AvgIpc) is 2.86. The largest absolute Gasteiger partial charge is 0.423 e. The van der Waals surface area contributed by atoms with Gasteiger partial charge < -0.3 is 9.15 Å². The first-order valence-corrected chi connectivity index (χ1v) is 7.08. The average molecular weight is 340 g/mol. The summed E-state index contributed by atoms with van der Waals surface area (Å²) in [5, 5.41) is 0. The summed E-state index contributed by atoms with van der Waals surface area (Å²) in [4.78, 5) is 22.6. The van der Waals surface area contributed by atoms with Gasteiger partial charge in [0, 0.05) is 6.07 Å². The van der Waals surface area contributed by atoms with E-state index >= 15 is 0 Å². The first-order valence-electron chi connectivity index (χ1n) is 6.26. The first kappa shape index (κ1) is 15.3.